The van der Waals surface area contributed by atoms with Crippen LogP contribution in [0.1, 0.15) is 12.0 Å². The third-order valence-corrected chi connectivity index (χ3v) is 2.31. The van der Waals surface area contributed by atoms with Crippen molar-refractivity contribution in [1.29, 1.82) is 0 Å². The quantitative estimate of drug-likeness (QED) is 0.807. The maximum absolute atomic E-state index is 9.02. The van der Waals surface area contributed by atoms with Crippen LogP contribution in [-0.2, 0) is 0 Å². The van der Waals surface area contributed by atoms with Crippen LogP contribution in [0.5, 0.6) is 17.2 Å². The van der Waals surface area contributed by atoms with E-state index in [1.807, 2.05) is 18.2 Å². The Morgan fingerprint density at radius 3 is 2.44 bits per heavy atom. The van der Waals surface area contributed by atoms with Crippen LogP contribution in [0.25, 0.3) is 0 Å². The summed E-state index contributed by atoms with van der Waals surface area (Å²) in [6, 6.07) is 10.6. The number of ether oxygens (including phenoxy) is 2. The second-order valence-electron chi connectivity index (χ2n) is 3.55. The van der Waals surface area contributed by atoms with Gasteiger partial charge in [0.25, 0.3) is 0 Å². The predicted octanol–water partition coefficient (Wildman–Crippen LogP) is 1.87. The van der Waals surface area contributed by atoms with Gasteiger partial charge in [0.2, 0.25) is 0 Å². The van der Waals surface area contributed by atoms with Crippen molar-refractivity contribution in [3.63, 3.8) is 0 Å². The summed E-state index contributed by atoms with van der Waals surface area (Å²) in [7, 11) is 1.47. The van der Waals surface area contributed by atoms with Crippen LogP contribution in [0.4, 0.5) is 0 Å². The molecule has 0 spiro atoms. The van der Waals surface area contributed by atoms with Gasteiger partial charge >= 0.3 is 0 Å². The molecule has 5 nitrogen and oxygen atoms in total. The lowest BCUT2D eigenvalue weighted by atomic mass is 10.3. The number of pyridine rings is 1. The molecule has 18 heavy (non-hydrogen) atoms. The van der Waals surface area contributed by atoms with Crippen LogP contribution in [0.2, 0.25) is 0 Å². The fraction of sp³-hybridized carbons (Fsp3) is 0.154. The summed E-state index contributed by atoms with van der Waals surface area (Å²) in [5.41, 5.74) is 0.104. The van der Waals surface area contributed by atoms with E-state index in [4.69, 9.17) is 19.7 Å². The van der Waals surface area contributed by atoms with Crippen LogP contribution in [0.3, 0.4) is 0 Å². The van der Waals surface area contributed by atoms with Crippen molar-refractivity contribution >= 4 is 0 Å². The predicted molar refractivity (Wildman–Crippen MR) is 64.5 cm³/mol. The molecule has 0 bridgehead atoms. The monoisotopic (exact) mass is 247 g/mol. The second-order valence-corrected chi connectivity index (χ2v) is 3.55. The highest BCUT2D eigenvalue weighted by Crippen LogP contribution is 2.31. The topological polar surface area (TPSA) is 71.8 Å². The number of benzene rings is 1. The number of aliphatic hydroxyl groups excluding tert-OH is 1. The largest absolute Gasteiger partial charge is 0.493 e. The Morgan fingerprint density at radius 1 is 1.11 bits per heavy atom. The molecule has 1 heterocycles. The average Bonchev–Trinajstić information content (AvgIpc) is 2.40. The first-order valence-corrected chi connectivity index (χ1v) is 5.33. The van der Waals surface area contributed by atoms with E-state index in [1.54, 1.807) is 12.1 Å². The molecule has 0 amide bonds. The number of aliphatic hydroxyl groups is 2. The van der Waals surface area contributed by atoms with E-state index in [0.717, 1.165) is 0 Å². The number of nitrogens with zero attached hydrogens (tertiary/aromatic N) is 1. The van der Waals surface area contributed by atoms with Gasteiger partial charge in [-0.2, -0.15) is 0 Å². The number of para-hydroxylation sites is 1. The van der Waals surface area contributed by atoms with Gasteiger partial charge in [-0.1, -0.05) is 18.2 Å². The third-order valence-electron chi connectivity index (χ3n) is 2.31. The Bertz CT molecular complexity index is 514. The van der Waals surface area contributed by atoms with E-state index < -0.39 is 6.29 Å². The lowest BCUT2D eigenvalue weighted by Crippen LogP contribution is -2.00. The Labute approximate surface area is 104 Å². The van der Waals surface area contributed by atoms with Gasteiger partial charge in [-0.25, -0.2) is 0 Å². The van der Waals surface area contributed by atoms with Gasteiger partial charge in [-0.3, -0.25) is 4.98 Å². The maximum atomic E-state index is 9.02. The summed E-state index contributed by atoms with van der Waals surface area (Å²) in [5.74, 6) is 1.44. The van der Waals surface area contributed by atoms with E-state index in [1.165, 1.54) is 19.4 Å². The summed E-state index contributed by atoms with van der Waals surface area (Å²) in [5, 5.41) is 18.0. The number of methoxy groups -OCH3 is 1. The number of hydrogen-bond donors (Lipinski definition) is 2. The molecule has 0 radical (unpaired) electrons. The van der Waals surface area contributed by atoms with Crippen molar-refractivity contribution in [3.05, 3.63) is 48.3 Å². The van der Waals surface area contributed by atoms with E-state index in [2.05, 4.69) is 4.98 Å². The molecule has 0 unspecified atom stereocenters. The van der Waals surface area contributed by atoms with Crippen molar-refractivity contribution in [1.82, 2.24) is 4.98 Å². The standard InChI is InChI=1S/C13H13NO4/c1-17-11-7-10(13(15)16)14-8-12(11)18-9-5-3-2-4-6-9/h2-8,13,15-16H,1H3. The molecule has 94 valence electrons. The summed E-state index contributed by atoms with van der Waals surface area (Å²) < 4.78 is 10.7. The summed E-state index contributed by atoms with van der Waals surface area (Å²) in [4.78, 5) is 3.88. The third kappa shape index (κ3) is 2.77. The summed E-state index contributed by atoms with van der Waals surface area (Å²) in [6.07, 6.45) is -0.245. The molecule has 0 aliphatic carbocycles. The zero-order chi connectivity index (χ0) is 13.0. The minimum absolute atomic E-state index is 0.104. The molecule has 2 rings (SSSR count). The first-order valence-electron chi connectivity index (χ1n) is 5.33. The molecule has 2 N–H and O–H groups in total. The van der Waals surface area contributed by atoms with Gasteiger partial charge in [-0.05, 0) is 12.1 Å². The van der Waals surface area contributed by atoms with Crippen molar-refractivity contribution < 1.29 is 19.7 Å². The molecule has 0 aliphatic rings. The summed E-state index contributed by atoms with van der Waals surface area (Å²) >= 11 is 0. The normalized spacial score (nSPS) is 10.4. The molecule has 0 saturated heterocycles. The minimum atomic E-state index is -1.63. The molecule has 0 saturated carbocycles. The summed E-state index contributed by atoms with van der Waals surface area (Å²) in [6.45, 7) is 0. The van der Waals surface area contributed by atoms with Crippen molar-refractivity contribution in [3.8, 4) is 17.2 Å². The number of hydrogen-bond acceptors (Lipinski definition) is 5. The van der Waals surface area contributed by atoms with Gasteiger partial charge in [0.15, 0.2) is 17.8 Å². The molecule has 5 heteroatoms. The van der Waals surface area contributed by atoms with Gasteiger partial charge in [0.05, 0.1) is 19.0 Å². The lowest BCUT2D eigenvalue weighted by Gasteiger charge is -2.11. The minimum Gasteiger partial charge on any atom is -0.493 e. The van der Waals surface area contributed by atoms with Crippen LogP contribution < -0.4 is 9.47 Å². The first kappa shape index (κ1) is 12.3. The first-order chi connectivity index (χ1) is 8.70. The van der Waals surface area contributed by atoms with Crippen molar-refractivity contribution in [2.75, 3.05) is 7.11 Å². The zero-order valence-corrected chi connectivity index (χ0v) is 9.78. The van der Waals surface area contributed by atoms with E-state index in [0.29, 0.717) is 17.2 Å². The van der Waals surface area contributed by atoms with Gasteiger partial charge in [0.1, 0.15) is 5.75 Å². The smallest absolute Gasteiger partial charge is 0.196 e. The zero-order valence-electron chi connectivity index (χ0n) is 9.78. The highest BCUT2D eigenvalue weighted by molar-refractivity contribution is 5.42. The van der Waals surface area contributed by atoms with Crippen LogP contribution in [0.15, 0.2) is 42.6 Å². The van der Waals surface area contributed by atoms with Crippen molar-refractivity contribution in [2.45, 2.75) is 6.29 Å². The van der Waals surface area contributed by atoms with Crippen LogP contribution in [-0.4, -0.2) is 22.3 Å². The fourth-order valence-corrected chi connectivity index (χ4v) is 1.43. The van der Waals surface area contributed by atoms with E-state index in [-0.39, 0.29) is 5.69 Å². The molecule has 1 aromatic heterocycles. The maximum Gasteiger partial charge on any atom is 0.196 e. The highest BCUT2D eigenvalue weighted by atomic mass is 16.5. The Hall–Kier alpha value is -2.11. The molecular weight excluding hydrogens is 234 g/mol. The Balaban J connectivity index is 2.28. The second kappa shape index (κ2) is 5.48. The lowest BCUT2D eigenvalue weighted by molar-refractivity contribution is -0.0460. The molecule has 1 aromatic carbocycles. The number of aromatic nitrogens is 1. The molecule has 0 fully saturated rings. The van der Waals surface area contributed by atoms with Crippen LogP contribution >= 0.6 is 0 Å². The average molecular weight is 247 g/mol. The Morgan fingerprint density at radius 2 is 1.83 bits per heavy atom. The van der Waals surface area contributed by atoms with Crippen molar-refractivity contribution in [2.24, 2.45) is 0 Å². The number of rotatable bonds is 4. The van der Waals surface area contributed by atoms with Gasteiger partial charge in [0, 0.05) is 6.07 Å². The van der Waals surface area contributed by atoms with Crippen LogP contribution in [0, 0.1) is 0 Å². The van der Waals surface area contributed by atoms with E-state index >= 15 is 0 Å². The fourth-order valence-electron chi connectivity index (χ4n) is 1.43. The Kier molecular flexibility index (Phi) is 3.76. The highest BCUT2D eigenvalue weighted by Gasteiger charge is 2.11. The SMILES string of the molecule is COc1cc(C(O)O)ncc1Oc1ccccc1. The molecule has 0 aliphatic heterocycles. The van der Waals surface area contributed by atoms with E-state index in [9.17, 15) is 0 Å². The molecule has 0 atom stereocenters. The molecule has 2 aromatic rings. The van der Waals surface area contributed by atoms with Gasteiger partial charge in [-0.15, -0.1) is 0 Å². The van der Waals surface area contributed by atoms with Gasteiger partial charge < -0.3 is 19.7 Å². The molecular formula is C13H13NO4.